The van der Waals surface area contributed by atoms with E-state index in [2.05, 4.69) is 10.2 Å². The van der Waals surface area contributed by atoms with E-state index in [0.29, 0.717) is 4.90 Å². The van der Waals surface area contributed by atoms with Crippen molar-refractivity contribution in [1.82, 2.24) is 10.2 Å². The molecular formula is C22H25F3N2OS. The fourth-order valence-corrected chi connectivity index (χ4v) is 4.60. The van der Waals surface area contributed by atoms with E-state index in [1.807, 2.05) is 44.4 Å². The summed E-state index contributed by atoms with van der Waals surface area (Å²) in [6.45, 7) is 0. The van der Waals surface area contributed by atoms with Crippen LogP contribution < -0.4 is 5.32 Å². The molecule has 2 aromatic rings. The Morgan fingerprint density at radius 1 is 1.14 bits per heavy atom. The normalized spacial score (nSPS) is 16.9. The molecular weight excluding hydrogens is 397 g/mol. The summed E-state index contributed by atoms with van der Waals surface area (Å²) >= 11 is 1.14. The zero-order chi connectivity index (χ0) is 21.2. The summed E-state index contributed by atoms with van der Waals surface area (Å²) in [6, 6.07) is 12.8. The monoisotopic (exact) mass is 422 g/mol. The number of thioether (sulfide) groups is 1. The molecule has 1 N–H and O–H groups in total. The quantitative estimate of drug-likeness (QED) is 0.634. The van der Waals surface area contributed by atoms with Crippen LogP contribution in [-0.2, 0) is 6.18 Å². The SMILES string of the molecule is CSc1cc(C(F)(F)F)ccc1C(=O)NC(c1ccccc1)C1(N(C)C)CCC1. The van der Waals surface area contributed by atoms with Crippen LogP contribution in [0.5, 0.6) is 0 Å². The van der Waals surface area contributed by atoms with Crippen molar-refractivity contribution >= 4 is 17.7 Å². The number of halogens is 3. The molecule has 1 aliphatic carbocycles. The van der Waals surface area contributed by atoms with Crippen molar-refractivity contribution in [3.8, 4) is 0 Å². The lowest BCUT2D eigenvalue weighted by atomic mass is 9.68. The Kier molecular flexibility index (Phi) is 6.29. The molecule has 1 amide bonds. The Morgan fingerprint density at radius 3 is 2.28 bits per heavy atom. The molecule has 7 heteroatoms. The van der Waals surface area contributed by atoms with Crippen LogP contribution in [0, 0.1) is 0 Å². The summed E-state index contributed by atoms with van der Waals surface area (Å²) in [5.74, 6) is -0.356. The van der Waals surface area contributed by atoms with Crippen LogP contribution in [-0.4, -0.2) is 36.7 Å². The van der Waals surface area contributed by atoms with Gasteiger partial charge in [-0.1, -0.05) is 30.3 Å². The molecule has 0 aliphatic heterocycles. The molecule has 0 heterocycles. The number of hydrogen-bond donors (Lipinski definition) is 1. The first-order valence-electron chi connectivity index (χ1n) is 9.47. The van der Waals surface area contributed by atoms with Crippen molar-refractivity contribution in [1.29, 1.82) is 0 Å². The maximum absolute atomic E-state index is 13.2. The minimum atomic E-state index is -4.44. The number of carbonyl (C=O) groups excluding carboxylic acids is 1. The highest BCUT2D eigenvalue weighted by Gasteiger charge is 2.47. The predicted octanol–water partition coefficient (Wildman–Crippen LogP) is 5.38. The fourth-order valence-electron chi connectivity index (χ4n) is 3.97. The standard InChI is InChI=1S/C22H25F3N2OS/c1-27(2)21(12-7-13-21)19(15-8-5-4-6-9-15)26-20(28)17-11-10-16(22(23,24)25)14-18(17)29-3/h4-6,8-11,14,19H,7,12-13H2,1-3H3,(H,26,28). The molecule has 0 bridgehead atoms. The number of nitrogens with zero attached hydrogens (tertiary/aromatic N) is 1. The first-order chi connectivity index (χ1) is 13.7. The van der Waals surface area contributed by atoms with Crippen molar-refractivity contribution in [2.75, 3.05) is 20.4 Å². The van der Waals surface area contributed by atoms with E-state index in [-0.39, 0.29) is 23.1 Å². The molecule has 29 heavy (non-hydrogen) atoms. The van der Waals surface area contributed by atoms with E-state index in [9.17, 15) is 18.0 Å². The van der Waals surface area contributed by atoms with Gasteiger partial charge in [-0.25, -0.2) is 0 Å². The lowest BCUT2D eigenvalue weighted by molar-refractivity contribution is -0.137. The first-order valence-corrected chi connectivity index (χ1v) is 10.7. The van der Waals surface area contributed by atoms with Crippen molar-refractivity contribution in [2.24, 2.45) is 0 Å². The average molecular weight is 423 g/mol. The third-order valence-corrected chi connectivity index (χ3v) is 6.61. The van der Waals surface area contributed by atoms with Crippen molar-refractivity contribution < 1.29 is 18.0 Å². The highest BCUT2D eigenvalue weighted by atomic mass is 32.2. The fraction of sp³-hybridized carbons (Fsp3) is 0.409. The molecule has 0 radical (unpaired) electrons. The molecule has 1 unspecified atom stereocenters. The largest absolute Gasteiger partial charge is 0.416 e. The second kappa shape index (κ2) is 8.40. The van der Waals surface area contributed by atoms with Gasteiger partial charge in [0.25, 0.3) is 5.91 Å². The van der Waals surface area contributed by atoms with Gasteiger partial charge in [-0.15, -0.1) is 11.8 Å². The number of likely N-dealkylation sites (N-methyl/N-ethyl adjacent to an activating group) is 1. The molecule has 1 atom stereocenters. The summed E-state index contributed by atoms with van der Waals surface area (Å²) in [6.07, 6.45) is 0.208. The summed E-state index contributed by atoms with van der Waals surface area (Å²) in [4.78, 5) is 15.6. The average Bonchev–Trinajstić information content (AvgIpc) is 2.65. The Hall–Kier alpha value is -1.99. The number of benzene rings is 2. The maximum atomic E-state index is 13.2. The third kappa shape index (κ3) is 4.31. The Balaban J connectivity index is 1.95. The minimum absolute atomic E-state index is 0.206. The van der Waals surface area contributed by atoms with Gasteiger partial charge in [0.05, 0.1) is 17.2 Å². The number of alkyl halides is 3. The molecule has 3 rings (SSSR count). The smallest absolute Gasteiger partial charge is 0.343 e. The van der Waals surface area contributed by atoms with Crippen LogP contribution >= 0.6 is 11.8 Å². The van der Waals surface area contributed by atoms with Gasteiger partial charge < -0.3 is 10.2 Å². The van der Waals surface area contributed by atoms with E-state index in [4.69, 9.17) is 0 Å². The van der Waals surface area contributed by atoms with Gasteiger partial charge in [0.2, 0.25) is 0 Å². The van der Waals surface area contributed by atoms with Crippen molar-refractivity contribution in [3.63, 3.8) is 0 Å². The van der Waals surface area contributed by atoms with E-state index in [0.717, 1.165) is 48.7 Å². The van der Waals surface area contributed by atoms with Crippen LogP contribution in [0.1, 0.15) is 46.8 Å². The van der Waals surface area contributed by atoms with Crippen molar-refractivity contribution in [3.05, 3.63) is 65.2 Å². The molecule has 1 saturated carbocycles. The second-order valence-electron chi connectivity index (χ2n) is 7.58. The predicted molar refractivity (Wildman–Crippen MR) is 110 cm³/mol. The topological polar surface area (TPSA) is 32.3 Å². The molecule has 2 aromatic carbocycles. The van der Waals surface area contributed by atoms with E-state index in [1.165, 1.54) is 6.07 Å². The van der Waals surface area contributed by atoms with Gasteiger partial charge >= 0.3 is 6.18 Å². The number of amides is 1. The van der Waals surface area contributed by atoms with Gasteiger partial charge in [0.1, 0.15) is 0 Å². The van der Waals surface area contributed by atoms with Crippen LogP contribution in [0.25, 0.3) is 0 Å². The highest BCUT2D eigenvalue weighted by molar-refractivity contribution is 7.98. The molecule has 1 fully saturated rings. The van der Waals surface area contributed by atoms with E-state index in [1.54, 1.807) is 6.26 Å². The summed E-state index contributed by atoms with van der Waals surface area (Å²) < 4.78 is 39.2. The van der Waals surface area contributed by atoms with E-state index < -0.39 is 11.7 Å². The number of nitrogens with one attached hydrogen (secondary N) is 1. The second-order valence-corrected chi connectivity index (χ2v) is 8.43. The van der Waals surface area contributed by atoms with Crippen molar-refractivity contribution in [2.45, 2.75) is 41.9 Å². The third-order valence-electron chi connectivity index (χ3n) is 5.83. The number of hydrogen-bond acceptors (Lipinski definition) is 3. The molecule has 3 nitrogen and oxygen atoms in total. The summed E-state index contributed by atoms with van der Waals surface area (Å²) in [5.41, 5.74) is 0.302. The zero-order valence-corrected chi connectivity index (χ0v) is 17.5. The summed E-state index contributed by atoms with van der Waals surface area (Å²) in [7, 11) is 4.01. The van der Waals surface area contributed by atoms with Gasteiger partial charge in [-0.3, -0.25) is 4.79 Å². The van der Waals surface area contributed by atoms with E-state index >= 15 is 0 Å². The lowest BCUT2D eigenvalue weighted by Crippen LogP contribution is -2.59. The molecule has 1 aliphatic rings. The van der Waals surface area contributed by atoms with Crippen LogP contribution in [0.3, 0.4) is 0 Å². The molecule has 0 spiro atoms. The van der Waals surface area contributed by atoms with Gasteiger partial charge in [-0.05, 0) is 63.4 Å². The maximum Gasteiger partial charge on any atom is 0.416 e. The van der Waals surface area contributed by atoms with Gasteiger partial charge in [-0.2, -0.15) is 13.2 Å². The minimum Gasteiger partial charge on any atom is -0.343 e. The Bertz CT molecular complexity index is 864. The molecule has 156 valence electrons. The molecule has 0 aromatic heterocycles. The van der Waals surface area contributed by atoms with Crippen LogP contribution in [0.15, 0.2) is 53.4 Å². The number of rotatable bonds is 6. The lowest BCUT2D eigenvalue weighted by Gasteiger charge is -2.52. The zero-order valence-electron chi connectivity index (χ0n) is 16.7. The Labute approximate surface area is 173 Å². The van der Waals surface area contributed by atoms with Gasteiger partial charge in [0.15, 0.2) is 0 Å². The summed E-state index contributed by atoms with van der Waals surface area (Å²) in [5, 5.41) is 3.13. The number of carbonyl (C=O) groups is 1. The molecule has 0 saturated heterocycles. The Morgan fingerprint density at radius 2 is 1.79 bits per heavy atom. The van der Waals surface area contributed by atoms with Crippen LogP contribution in [0.4, 0.5) is 13.2 Å². The van der Waals surface area contributed by atoms with Gasteiger partial charge in [0, 0.05) is 10.4 Å². The van der Waals surface area contributed by atoms with Crippen LogP contribution in [0.2, 0.25) is 0 Å². The highest BCUT2D eigenvalue weighted by Crippen LogP contribution is 2.46. The first kappa shape index (κ1) is 21.7.